The van der Waals surface area contributed by atoms with Gasteiger partial charge in [-0.2, -0.15) is 0 Å². The summed E-state index contributed by atoms with van der Waals surface area (Å²) in [5.41, 5.74) is 12.0. The van der Waals surface area contributed by atoms with E-state index in [0.717, 1.165) is 84.7 Å². The van der Waals surface area contributed by atoms with Crippen molar-refractivity contribution < 1.29 is 9.47 Å². The van der Waals surface area contributed by atoms with Crippen LogP contribution < -0.4 is 35.7 Å². The van der Waals surface area contributed by atoms with Crippen molar-refractivity contribution in [3.8, 4) is 57.2 Å². The van der Waals surface area contributed by atoms with Gasteiger partial charge in [0.1, 0.15) is 11.5 Å². The first kappa shape index (κ1) is 33.2. The molecule has 0 bridgehead atoms. The fourth-order valence-corrected chi connectivity index (χ4v) is 8.73. The van der Waals surface area contributed by atoms with Crippen LogP contribution in [0.25, 0.3) is 34.2 Å². The van der Waals surface area contributed by atoms with E-state index in [2.05, 4.69) is 119 Å². The molecule has 12 rings (SSSR count). The smallest absolute Gasteiger partial charge is 0.256 e. The summed E-state index contributed by atoms with van der Waals surface area (Å²) in [6, 6.07) is 66.5. The molecule has 276 valence electrons. The monoisotopic (exact) mass is 757 g/mol. The summed E-state index contributed by atoms with van der Waals surface area (Å²) < 4.78 is 14.0. The summed E-state index contributed by atoms with van der Waals surface area (Å²) in [6.45, 7) is -0.0539. The van der Waals surface area contributed by atoms with Gasteiger partial charge in [-0.25, -0.2) is 15.0 Å². The summed E-state index contributed by atoms with van der Waals surface area (Å²) in [4.78, 5) is 19.5. The van der Waals surface area contributed by atoms with E-state index in [1.165, 1.54) is 5.46 Å². The van der Waals surface area contributed by atoms with Gasteiger partial charge in [-0.15, -0.1) is 0 Å². The summed E-state index contributed by atoms with van der Waals surface area (Å²) in [7, 11) is 0. The third-order valence-electron chi connectivity index (χ3n) is 11.3. The van der Waals surface area contributed by atoms with Gasteiger partial charge in [-0.05, 0) is 71.6 Å². The molecule has 0 aliphatic carbocycles. The van der Waals surface area contributed by atoms with Gasteiger partial charge in [0.25, 0.3) is 6.71 Å². The minimum atomic E-state index is -0.0539. The van der Waals surface area contributed by atoms with Gasteiger partial charge in [0.2, 0.25) is 0 Å². The van der Waals surface area contributed by atoms with Gasteiger partial charge < -0.3 is 19.3 Å². The van der Waals surface area contributed by atoms with Crippen LogP contribution in [0.15, 0.2) is 194 Å². The number of aromatic nitrogens is 3. The molecule has 8 aromatic carbocycles. The molecule has 0 spiro atoms. The van der Waals surface area contributed by atoms with Crippen LogP contribution in [-0.4, -0.2) is 21.7 Å². The molecule has 9 aromatic rings. The molecule has 0 fully saturated rings. The van der Waals surface area contributed by atoms with E-state index in [1.54, 1.807) is 0 Å². The van der Waals surface area contributed by atoms with Gasteiger partial charge >= 0.3 is 0 Å². The van der Waals surface area contributed by atoms with E-state index >= 15 is 0 Å². The number of hydrogen-bond acceptors (Lipinski definition) is 7. The molecular weight excluding hydrogens is 725 g/mol. The maximum atomic E-state index is 7.09. The van der Waals surface area contributed by atoms with Crippen molar-refractivity contribution in [2.24, 2.45) is 0 Å². The highest BCUT2D eigenvalue weighted by molar-refractivity contribution is 6.99. The Morgan fingerprint density at radius 1 is 0.373 bits per heavy atom. The van der Waals surface area contributed by atoms with Crippen molar-refractivity contribution in [1.29, 1.82) is 0 Å². The molecule has 0 radical (unpaired) electrons. The second-order valence-corrected chi connectivity index (χ2v) is 14.8. The largest absolute Gasteiger partial charge is 0.458 e. The van der Waals surface area contributed by atoms with Gasteiger partial charge in [0.15, 0.2) is 29.0 Å². The number of benzene rings is 8. The average Bonchev–Trinajstić information content (AvgIpc) is 3.31. The molecule has 8 heteroatoms. The maximum Gasteiger partial charge on any atom is 0.256 e. The third kappa shape index (κ3) is 5.34. The molecule has 0 N–H and O–H groups in total. The lowest BCUT2D eigenvalue weighted by atomic mass is 9.34. The number of rotatable bonds is 5. The van der Waals surface area contributed by atoms with E-state index in [9.17, 15) is 0 Å². The van der Waals surface area contributed by atoms with Crippen LogP contribution in [0.5, 0.6) is 23.0 Å². The SMILES string of the molecule is c1ccc(-c2nc(-c3ccccc3)nc(-c3ccc(N4c5ccccc5Oc5c4cc4c6c5N(c5ccccc5)c5ccccc5B6c5ccccc5O4)cc3)n2)cc1. The van der Waals surface area contributed by atoms with Crippen molar-refractivity contribution in [2.45, 2.75) is 0 Å². The van der Waals surface area contributed by atoms with Crippen LogP contribution in [0.4, 0.5) is 34.1 Å². The molecule has 3 aliphatic rings. The topological polar surface area (TPSA) is 63.6 Å². The van der Waals surface area contributed by atoms with E-state index in [-0.39, 0.29) is 6.71 Å². The van der Waals surface area contributed by atoms with E-state index in [0.29, 0.717) is 17.5 Å². The Balaban J connectivity index is 1.05. The van der Waals surface area contributed by atoms with E-state index in [4.69, 9.17) is 24.4 Å². The molecule has 0 amide bonds. The first-order chi connectivity index (χ1) is 29.3. The Hall–Kier alpha value is -7.97. The molecule has 0 saturated carbocycles. The molecule has 4 heterocycles. The number of para-hydroxylation sites is 5. The second-order valence-electron chi connectivity index (χ2n) is 14.8. The standard InChI is InChI=1S/C51H32BN5O2/c1-4-16-33(17-5-1)49-53-50(34-18-6-2-7-19-34)55-51(54-49)35-28-30-37(31-29-35)56-41-25-13-15-27-44(41)59-48-42(56)32-45-46-47(48)57(36-20-8-3-9-21-36)40-24-12-10-22-38(40)52(46)39-23-11-14-26-43(39)58-45/h1-32H. The van der Waals surface area contributed by atoms with Crippen molar-refractivity contribution in [1.82, 2.24) is 15.0 Å². The Kier molecular flexibility index (Phi) is 7.50. The molecule has 0 atom stereocenters. The minimum Gasteiger partial charge on any atom is -0.458 e. The molecule has 59 heavy (non-hydrogen) atoms. The highest BCUT2D eigenvalue weighted by Crippen LogP contribution is 2.57. The Labute approximate surface area is 341 Å². The number of anilines is 6. The van der Waals surface area contributed by atoms with Crippen LogP contribution in [0, 0.1) is 0 Å². The van der Waals surface area contributed by atoms with Crippen molar-refractivity contribution in [3.63, 3.8) is 0 Å². The van der Waals surface area contributed by atoms with Gasteiger partial charge in [0.05, 0.1) is 17.1 Å². The lowest BCUT2D eigenvalue weighted by Gasteiger charge is -2.43. The fourth-order valence-electron chi connectivity index (χ4n) is 8.73. The van der Waals surface area contributed by atoms with E-state index in [1.807, 2.05) is 84.9 Å². The molecule has 0 saturated heterocycles. The predicted molar refractivity (Wildman–Crippen MR) is 237 cm³/mol. The van der Waals surface area contributed by atoms with E-state index < -0.39 is 0 Å². The number of nitrogens with zero attached hydrogens (tertiary/aromatic N) is 5. The number of hydrogen-bond donors (Lipinski definition) is 0. The van der Waals surface area contributed by atoms with Crippen LogP contribution in [0.1, 0.15) is 0 Å². The highest BCUT2D eigenvalue weighted by atomic mass is 16.5. The average molecular weight is 758 g/mol. The normalized spacial score (nSPS) is 12.9. The first-order valence-corrected chi connectivity index (χ1v) is 19.7. The summed E-state index contributed by atoms with van der Waals surface area (Å²) in [5, 5.41) is 0. The zero-order chi connectivity index (χ0) is 38.9. The molecule has 3 aliphatic heterocycles. The summed E-state index contributed by atoms with van der Waals surface area (Å²) in [6.07, 6.45) is 0. The Morgan fingerprint density at radius 3 is 1.54 bits per heavy atom. The van der Waals surface area contributed by atoms with Gasteiger partial charge in [-0.1, -0.05) is 127 Å². The molecular formula is C51H32BN5O2. The Morgan fingerprint density at radius 2 is 0.881 bits per heavy atom. The second kappa shape index (κ2) is 13.3. The Bertz CT molecular complexity index is 3010. The van der Waals surface area contributed by atoms with Crippen LogP contribution in [0.2, 0.25) is 0 Å². The van der Waals surface area contributed by atoms with Crippen molar-refractivity contribution in [3.05, 3.63) is 194 Å². The summed E-state index contributed by atoms with van der Waals surface area (Å²) in [5.74, 6) is 5.02. The predicted octanol–water partition coefficient (Wildman–Crippen LogP) is 10.9. The third-order valence-corrected chi connectivity index (χ3v) is 11.3. The van der Waals surface area contributed by atoms with Crippen LogP contribution >= 0.6 is 0 Å². The maximum absolute atomic E-state index is 7.09. The van der Waals surface area contributed by atoms with Crippen LogP contribution in [-0.2, 0) is 0 Å². The highest BCUT2D eigenvalue weighted by Gasteiger charge is 2.45. The zero-order valence-electron chi connectivity index (χ0n) is 31.6. The first-order valence-electron chi connectivity index (χ1n) is 19.7. The minimum absolute atomic E-state index is 0.0539. The zero-order valence-corrected chi connectivity index (χ0v) is 31.6. The van der Waals surface area contributed by atoms with Gasteiger partial charge in [0, 0.05) is 45.3 Å². The lowest BCUT2D eigenvalue weighted by molar-refractivity contribution is 0.469. The van der Waals surface area contributed by atoms with Gasteiger partial charge in [-0.3, -0.25) is 0 Å². The quantitative estimate of drug-likeness (QED) is 0.162. The molecule has 7 nitrogen and oxygen atoms in total. The molecule has 0 unspecified atom stereocenters. The number of ether oxygens (including phenoxy) is 2. The lowest BCUT2D eigenvalue weighted by Crippen LogP contribution is -2.59. The summed E-state index contributed by atoms with van der Waals surface area (Å²) >= 11 is 0. The number of fused-ring (bicyclic) bond motifs is 7. The van der Waals surface area contributed by atoms with Crippen LogP contribution in [0.3, 0.4) is 0 Å². The fraction of sp³-hybridized carbons (Fsp3) is 0. The van der Waals surface area contributed by atoms with Crippen molar-refractivity contribution in [2.75, 3.05) is 9.80 Å². The molecule has 1 aromatic heterocycles. The van der Waals surface area contributed by atoms with Crippen molar-refractivity contribution >= 4 is 57.2 Å².